The fourth-order valence-corrected chi connectivity index (χ4v) is 9.57. The number of furan rings is 1. The first kappa shape index (κ1) is 31.3. The Hall–Kier alpha value is -7.10. The van der Waals surface area contributed by atoms with E-state index >= 15 is 0 Å². The van der Waals surface area contributed by atoms with Gasteiger partial charge in [0.2, 0.25) is 0 Å². The Morgan fingerprint density at radius 2 is 1.11 bits per heavy atom. The SMILES string of the molecule is CC1(C)c2ccccc2-c2ccc(N(c3ccc4c(c3)oc3ccccc34)c3ccc4c5c(cccc35)-c3ccc(-c5cccc6ccccc56)cc3O4)cc21. The Balaban J connectivity index is 1.05. The van der Waals surface area contributed by atoms with E-state index in [0.29, 0.717) is 0 Å². The Labute approximate surface area is 324 Å². The van der Waals surface area contributed by atoms with Crippen LogP contribution in [0.25, 0.3) is 76.9 Å². The van der Waals surface area contributed by atoms with Gasteiger partial charge < -0.3 is 14.1 Å². The molecule has 0 spiro atoms. The molecule has 0 radical (unpaired) electrons. The average Bonchev–Trinajstić information content (AvgIpc) is 3.72. The van der Waals surface area contributed by atoms with Crippen molar-refractivity contribution < 1.29 is 9.15 Å². The van der Waals surface area contributed by atoms with Crippen LogP contribution >= 0.6 is 0 Å². The first-order chi connectivity index (χ1) is 27.5. The lowest BCUT2D eigenvalue weighted by Crippen LogP contribution is -2.16. The third-order valence-corrected chi connectivity index (χ3v) is 12.3. The second-order valence-electron chi connectivity index (χ2n) is 15.7. The van der Waals surface area contributed by atoms with Crippen LogP contribution in [0.3, 0.4) is 0 Å². The zero-order valence-corrected chi connectivity index (χ0v) is 31.0. The smallest absolute Gasteiger partial charge is 0.137 e. The van der Waals surface area contributed by atoms with Crippen LogP contribution in [0.2, 0.25) is 0 Å². The van der Waals surface area contributed by atoms with Gasteiger partial charge in [0.25, 0.3) is 0 Å². The molecule has 0 atom stereocenters. The molecule has 0 amide bonds. The van der Waals surface area contributed by atoms with E-state index in [0.717, 1.165) is 72.4 Å². The molecule has 12 rings (SSSR count). The monoisotopic (exact) mass is 717 g/mol. The number of anilines is 3. The topological polar surface area (TPSA) is 25.6 Å². The van der Waals surface area contributed by atoms with Gasteiger partial charge in [-0.1, -0.05) is 129 Å². The normalized spacial score (nSPS) is 13.5. The predicted molar refractivity (Wildman–Crippen MR) is 232 cm³/mol. The summed E-state index contributed by atoms with van der Waals surface area (Å²) in [7, 11) is 0. The highest BCUT2D eigenvalue weighted by Gasteiger charge is 2.36. The second-order valence-corrected chi connectivity index (χ2v) is 15.7. The van der Waals surface area contributed by atoms with Crippen LogP contribution in [0.15, 0.2) is 180 Å². The lowest BCUT2D eigenvalue weighted by molar-refractivity contribution is 0.487. The summed E-state index contributed by atoms with van der Waals surface area (Å²) in [6.07, 6.45) is 0. The molecule has 1 aliphatic heterocycles. The molecule has 3 nitrogen and oxygen atoms in total. The number of ether oxygens (including phenoxy) is 1. The molecule has 9 aromatic carbocycles. The largest absolute Gasteiger partial charge is 0.456 e. The van der Waals surface area contributed by atoms with Crippen molar-refractivity contribution >= 4 is 60.5 Å². The Morgan fingerprint density at radius 1 is 0.429 bits per heavy atom. The molecule has 264 valence electrons. The van der Waals surface area contributed by atoms with Crippen molar-refractivity contribution in [1.82, 2.24) is 0 Å². The minimum Gasteiger partial charge on any atom is -0.456 e. The van der Waals surface area contributed by atoms with Crippen molar-refractivity contribution in [3.8, 4) is 44.9 Å². The number of hydrogen-bond donors (Lipinski definition) is 0. The molecular formula is C53H35NO2. The first-order valence-electron chi connectivity index (χ1n) is 19.3. The van der Waals surface area contributed by atoms with Gasteiger partial charge in [0.1, 0.15) is 22.7 Å². The molecule has 0 bridgehead atoms. The van der Waals surface area contributed by atoms with E-state index in [-0.39, 0.29) is 5.41 Å². The molecule has 2 heterocycles. The van der Waals surface area contributed by atoms with E-state index < -0.39 is 0 Å². The van der Waals surface area contributed by atoms with Gasteiger partial charge in [-0.15, -0.1) is 0 Å². The summed E-state index contributed by atoms with van der Waals surface area (Å²) in [4.78, 5) is 2.40. The van der Waals surface area contributed by atoms with Crippen LogP contribution < -0.4 is 9.64 Å². The molecule has 0 N–H and O–H groups in total. The fourth-order valence-electron chi connectivity index (χ4n) is 9.57. The van der Waals surface area contributed by atoms with Crippen LogP contribution in [-0.4, -0.2) is 0 Å². The minimum absolute atomic E-state index is 0.140. The Bertz CT molecular complexity index is 3270. The highest BCUT2D eigenvalue weighted by Crippen LogP contribution is 2.54. The van der Waals surface area contributed by atoms with Gasteiger partial charge in [-0.05, 0) is 104 Å². The molecule has 1 aliphatic carbocycles. The molecule has 56 heavy (non-hydrogen) atoms. The summed E-state index contributed by atoms with van der Waals surface area (Å²) in [5.74, 6) is 1.73. The summed E-state index contributed by atoms with van der Waals surface area (Å²) in [6.45, 7) is 4.68. The van der Waals surface area contributed by atoms with Crippen molar-refractivity contribution in [3.05, 3.63) is 187 Å². The van der Waals surface area contributed by atoms with Crippen LogP contribution in [0.1, 0.15) is 25.0 Å². The van der Waals surface area contributed by atoms with Crippen LogP contribution in [0.5, 0.6) is 11.5 Å². The summed E-state index contributed by atoms with van der Waals surface area (Å²) in [5.41, 5.74) is 14.7. The maximum absolute atomic E-state index is 6.85. The zero-order chi connectivity index (χ0) is 37.1. The van der Waals surface area contributed by atoms with E-state index in [9.17, 15) is 0 Å². The molecule has 0 unspecified atom stereocenters. The highest BCUT2D eigenvalue weighted by molar-refractivity contribution is 6.12. The van der Waals surface area contributed by atoms with E-state index in [1.54, 1.807) is 0 Å². The maximum Gasteiger partial charge on any atom is 0.137 e. The van der Waals surface area contributed by atoms with Crippen molar-refractivity contribution in [1.29, 1.82) is 0 Å². The van der Waals surface area contributed by atoms with E-state index in [1.807, 2.05) is 12.1 Å². The van der Waals surface area contributed by atoms with Crippen LogP contribution in [0, 0.1) is 0 Å². The molecular weight excluding hydrogens is 683 g/mol. The van der Waals surface area contributed by atoms with Gasteiger partial charge >= 0.3 is 0 Å². The van der Waals surface area contributed by atoms with Gasteiger partial charge in [0, 0.05) is 50.0 Å². The van der Waals surface area contributed by atoms with Gasteiger partial charge in [-0.2, -0.15) is 0 Å². The van der Waals surface area contributed by atoms with Crippen molar-refractivity contribution in [2.75, 3.05) is 4.90 Å². The van der Waals surface area contributed by atoms with E-state index in [4.69, 9.17) is 9.15 Å². The van der Waals surface area contributed by atoms with Crippen LogP contribution in [0.4, 0.5) is 17.1 Å². The highest BCUT2D eigenvalue weighted by atomic mass is 16.5. The fraction of sp³-hybridized carbons (Fsp3) is 0.0566. The summed E-state index contributed by atoms with van der Waals surface area (Å²) in [6, 6.07) is 63.5. The predicted octanol–water partition coefficient (Wildman–Crippen LogP) is 15.1. The van der Waals surface area contributed by atoms with Crippen molar-refractivity contribution in [2.24, 2.45) is 0 Å². The minimum atomic E-state index is -0.140. The van der Waals surface area contributed by atoms with Crippen LogP contribution in [-0.2, 0) is 5.41 Å². The van der Waals surface area contributed by atoms with Gasteiger partial charge in [0.05, 0.1) is 5.69 Å². The Morgan fingerprint density at radius 3 is 2.05 bits per heavy atom. The molecule has 1 aromatic heterocycles. The lowest BCUT2D eigenvalue weighted by Gasteiger charge is -2.30. The van der Waals surface area contributed by atoms with Gasteiger partial charge in [0.15, 0.2) is 0 Å². The second kappa shape index (κ2) is 11.5. The summed E-state index contributed by atoms with van der Waals surface area (Å²) < 4.78 is 13.3. The number of rotatable bonds is 4. The van der Waals surface area contributed by atoms with E-state index in [2.05, 4.69) is 183 Å². The number of fused-ring (bicyclic) bond motifs is 9. The molecule has 10 aromatic rings. The van der Waals surface area contributed by atoms with Gasteiger partial charge in [-0.3, -0.25) is 0 Å². The Kier molecular flexibility index (Phi) is 6.40. The quantitative estimate of drug-likeness (QED) is 0.181. The third-order valence-electron chi connectivity index (χ3n) is 12.3. The average molecular weight is 718 g/mol. The third kappa shape index (κ3) is 4.40. The summed E-state index contributed by atoms with van der Waals surface area (Å²) in [5, 5.41) is 6.93. The lowest BCUT2D eigenvalue weighted by atomic mass is 9.82. The van der Waals surface area contributed by atoms with E-state index in [1.165, 1.54) is 44.2 Å². The number of benzene rings is 9. The molecule has 0 fully saturated rings. The maximum atomic E-state index is 6.85. The van der Waals surface area contributed by atoms with Crippen molar-refractivity contribution in [3.63, 3.8) is 0 Å². The van der Waals surface area contributed by atoms with Crippen molar-refractivity contribution in [2.45, 2.75) is 19.3 Å². The first-order valence-corrected chi connectivity index (χ1v) is 19.3. The molecule has 2 aliphatic rings. The number of para-hydroxylation sites is 1. The molecule has 0 saturated heterocycles. The zero-order valence-electron chi connectivity index (χ0n) is 31.0. The number of hydrogen-bond acceptors (Lipinski definition) is 3. The summed E-state index contributed by atoms with van der Waals surface area (Å²) >= 11 is 0. The van der Waals surface area contributed by atoms with Gasteiger partial charge in [-0.25, -0.2) is 0 Å². The molecule has 0 saturated carbocycles. The standard InChI is InChI=1S/C53H35NO2/c1-53(2)45-19-7-5-14-38(45)39-25-22-34(30-46(39)53)54(35-23-26-41-40-15-6-8-20-48(40)55-51(41)31-35)47-27-28-49-52-43(17-10-18-44(47)52)42-24-21-33(29-50(42)56-49)37-16-9-12-32-11-3-4-13-36(32)37/h3-31H,1-2H3. The molecule has 3 heteroatoms. The number of nitrogens with zero attached hydrogens (tertiary/aromatic N) is 1.